The van der Waals surface area contributed by atoms with Gasteiger partial charge in [-0.15, -0.1) is 0 Å². The summed E-state index contributed by atoms with van der Waals surface area (Å²) in [6, 6.07) is -1.07. The third-order valence-corrected chi connectivity index (χ3v) is 1.51. The van der Waals surface area contributed by atoms with E-state index in [9.17, 15) is 9.59 Å². The van der Waals surface area contributed by atoms with E-state index in [1.165, 1.54) is 13.2 Å². The minimum atomic E-state index is -1.07. The highest BCUT2D eigenvalue weighted by atomic mass is 16.5. The molecule has 0 saturated carbocycles. The predicted molar refractivity (Wildman–Crippen MR) is 50.4 cm³/mol. The first-order valence-corrected chi connectivity index (χ1v) is 3.87. The summed E-state index contributed by atoms with van der Waals surface area (Å²) < 4.78 is 4.35. The average molecular weight is 199 g/mol. The lowest BCUT2D eigenvalue weighted by atomic mass is 10.2. The van der Waals surface area contributed by atoms with Crippen molar-refractivity contribution in [1.82, 2.24) is 5.32 Å². The molecule has 5 heteroatoms. The number of hydrogen-bond acceptors (Lipinski definition) is 4. The third kappa shape index (κ3) is 3.40. The van der Waals surface area contributed by atoms with Crippen LogP contribution in [0.15, 0.2) is 24.8 Å². The molecule has 14 heavy (non-hydrogen) atoms. The quantitative estimate of drug-likeness (QED) is 0.351. The lowest BCUT2D eigenvalue weighted by molar-refractivity contribution is -0.145. The van der Waals surface area contributed by atoms with Crippen molar-refractivity contribution in [3.63, 3.8) is 0 Å². The maximum Gasteiger partial charge on any atom is 0.330 e. The predicted octanol–water partition coefficient (Wildman–Crippen LogP) is -0.621. The molecule has 0 spiro atoms. The highest BCUT2D eigenvalue weighted by Gasteiger charge is 2.20. The molecular formula is C9H13NO4. The number of esters is 1. The van der Waals surface area contributed by atoms with Crippen LogP contribution in [-0.4, -0.2) is 36.7 Å². The van der Waals surface area contributed by atoms with Gasteiger partial charge in [0.1, 0.15) is 0 Å². The van der Waals surface area contributed by atoms with Crippen LogP contribution in [0.2, 0.25) is 0 Å². The number of aliphatic hydroxyl groups is 1. The van der Waals surface area contributed by atoms with Crippen LogP contribution in [0, 0.1) is 0 Å². The summed E-state index contributed by atoms with van der Waals surface area (Å²) in [7, 11) is 1.17. The van der Waals surface area contributed by atoms with Gasteiger partial charge in [0, 0.05) is 5.57 Å². The van der Waals surface area contributed by atoms with Crippen LogP contribution in [0.4, 0.5) is 0 Å². The summed E-state index contributed by atoms with van der Waals surface area (Å²) in [5.41, 5.74) is 0.118. The Kier molecular flexibility index (Phi) is 5.24. The average Bonchev–Trinajstić information content (AvgIpc) is 2.22. The Hall–Kier alpha value is -1.62. The zero-order valence-corrected chi connectivity index (χ0v) is 7.95. The van der Waals surface area contributed by atoms with Crippen molar-refractivity contribution in [3.8, 4) is 0 Å². The Morgan fingerprint density at radius 2 is 2.21 bits per heavy atom. The number of hydrogen-bond donors (Lipinski definition) is 2. The molecule has 0 aromatic rings. The molecular weight excluding hydrogens is 186 g/mol. The van der Waals surface area contributed by atoms with E-state index in [4.69, 9.17) is 5.11 Å². The normalized spacial score (nSPS) is 11.3. The molecule has 1 amide bonds. The smallest absolute Gasteiger partial charge is 0.330 e. The molecule has 1 atom stereocenters. The van der Waals surface area contributed by atoms with Crippen molar-refractivity contribution in [2.45, 2.75) is 6.04 Å². The van der Waals surface area contributed by atoms with Crippen LogP contribution in [0.1, 0.15) is 0 Å². The number of carbonyl (C=O) groups is 2. The van der Waals surface area contributed by atoms with E-state index in [0.717, 1.165) is 0 Å². The number of ether oxygens (including phenoxy) is 1. The number of methoxy groups -OCH3 is 1. The monoisotopic (exact) mass is 199 g/mol. The van der Waals surface area contributed by atoms with E-state index in [-0.39, 0.29) is 5.57 Å². The fourth-order valence-corrected chi connectivity index (χ4v) is 0.665. The lowest BCUT2D eigenvalue weighted by Crippen LogP contribution is -2.44. The molecule has 0 radical (unpaired) electrons. The second-order valence-electron chi connectivity index (χ2n) is 2.46. The maximum atomic E-state index is 11.2. The van der Waals surface area contributed by atoms with E-state index < -0.39 is 24.5 Å². The van der Waals surface area contributed by atoms with E-state index in [1.807, 2.05) is 0 Å². The number of amides is 1. The minimum absolute atomic E-state index is 0.118. The number of nitrogens with one attached hydrogen (secondary N) is 1. The summed E-state index contributed by atoms with van der Waals surface area (Å²) in [5.74, 6) is -1.28. The van der Waals surface area contributed by atoms with Crippen LogP contribution in [0.25, 0.3) is 0 Å². The summed E-state index contributed by atoms with van der Waals surface area (Å²) >= 11 is 0. The van der Waals surface area contributed by atoms with Gasteiger partial charge in [-0.1, -0.05) is 19.2 Å². The van der Waals surface area contributed by atoms with Gasteiger partial charge >= 0.3 is 5.97 Å². The fourth-order valence-electron chi connectivity index (χ4n) is 0.665. The van der Waals surface area contributed by atoms with Gasteiger partial charge in [0.15, 0.2) is 6.04 Å². The SMILES string of the molecule is C=CC(=C)C(=O)NC(CO)C(=O)OC. The molecule has 2 N–H and O–H groups in total. The van der Waals surface area contributed by atoms with Gasteiger partial charge in [-0.2, -0.15) is 0 Å². The largest absolute Gasteiger partial charge is 0.467 e. The molecule has 0 saturated heterocycles. The zero-order valence-electron chi connectivity index (χ0n) is 7.95. The van der Waals surface area contributed by atoms with Crippen LogP contribution in [0.5, 0.6) is 0 Å². The van der Waals surface area contributed by atoms with Gasteiger partial charge in [-0.25, -0.2) is 4.79 Å². The van der Waals surface area contributed by atoms with Crippen molar-refractivity contribution < 1.29 is 19.4 Å². The highest BCUT2D eigenvalue weighted by Crippen LogP contribution is 1.94. The van der Waals surface area contributed by atoms with E-state index in [1.54, 1.807) is 0 Å². The Bertz CT molecular complexity index is 260. The first kappa shape index (κ1) is 12.4. The second kappa shape index (κ2) is 5.93. The van der Waals surface area contributed by atoms with E-state index >= 15 is 0 Å². The van der Waals surface area contributed by atoms with Crippen molar-refractivity contribution in [1.29, 1.82) is 0 Å². The van der Waals surface area contributed by atoms with Crippen molar-refractivity contribution in [2.75, 3.05) is 13.7 Å². The van der Waals surface area contributed by atoms with Gasteiger partial charge in [0.05, 0.1) is 13.7 Å². The van der Waals surface area contributed by atoms with Gasteiger partial charge < -0.3 is 15.2 Å². The number of carbonyl (C=O) groups excluding carboxylic acids is 2. The third-order valence-electron chi connectivity index (χ3n) is 1.51. The fraction of sp³-hybridized carbons (Fsp3) is 0.333. The Balaban J connectivity index is 4.32. The molecule has 78 valence electrons. The number of aliphatic hydroxyl groups excluding tert-OH is 1. The summed E-state index contributed by atoms with van der Waals surface area (Å²) in [6.07, 6.45) is 1.25. The molecule has 0 aromatic carbocycles. The summed E-state index contributed by atoms with van der Waals surface area (Å²) in [4.78, 5) is 22.1. The summed E-state index contributed by atoms with van der Waals surface area (Å²) in [6.45, 7) is 6.20. The van der Waals surface area contributed by atoms with Crippen molar-refractivity contribution in [3.05, 3.63) is 24.8 Å². The minimum Gasteiger partial charge on any atom is -0.467 e. The maximum absolute atomic E-state index is 11.2. The first-order valence-electron chi connectivity index (χ1n) is 3.87. The van der Waals surface area contributed by atoms with Crippen molar-refractivity contribution in [2.24, 2.45) is 0 Å². The highest BCUT2D eigenvalue weighted by molar-refractivity contribution is 5.97. The van der Waals surface area contributed by atoms with E-state index in [2.05, 4.69) is 23.2 Å². The van der Waals surface area contributed by atoms with Crippen LogP contribution < -0.4 is 5.32 Å². The van der Waals surface area contributed by atoms with Crippen LogP contribution in [0.3, 0.4) is 0 Å². The van der Waals surface area contributed by atoms with Gasteiger partial charge in [0.2, 0.25) is 0 Å². The first-order chi connectivity index (χ1) is 6.56. The molecule has 1 unspecified atom stereocenters. The van der Waals surface area contributed by atoms with Crippen LogP contribution >= 0.6 is 0 Å². The van der Waals surface area contributed by atoms with Gasteiger partial charge in [-0.3, -0.25) is 4.79 Å². The molecule has 0 aliphatic heterocycles. The van der Waals surface area contributed by atoms with Crippen molar-refractivity contribution >= 4 is 11.9 Å². The van der Waals surface area contributed by atoms with Gasteiger partial charge in [-0.05, 0) is 0 Å². The van der Waals surface area contributed by atoms with Gasteiger partial charge in [0.25, 0.3) is 5.91 Å². The molecule has 0 bridgehead atoms. The lowest BCUT2D eigenvalue weighted by Gasteiger charge is -2.13. The van der Waals surface area contributed by atoms with Crippen LogP contribution in [-0.2, 0) is 14.3 Å². The Morgan fingerprint density at radius 3 is 2.57 bits per heavy atom. The topological polar surface area (TPSA) is 75.6 Å². The second-order valence-corrected chi connectivity index (χ2v) is 2.46. The molecule has 0 heterocycles. The molecule has 0 aromatic heterocycles. The Labute approximate surface area is 82.1 Å². The molecule has 0 aliphatic carbocycles. The molecule has 5 nitrogen and oxygen atoms in total. The number of rotatable bonds is 5. The Morgan fingerprint density at radius 1 is 1.64 bits per heavy atom. The molecule has 0 rings (SSSR count). The van der Waals surface area contributed by atoms with E-state index in [0.29, 0.717) is 0 Å². The standard InChI is InChI=1S/C9H13NO4/c1-4-6(2)8(12)10-7(5-11)9(13)14-3/h4,7,11H,1-2,5H2,3H3,(H,10,12). The molecule has 0 aliphatic rings. The summed E-state index contributed by atoms with van der Waals surface area (Å²) in [5, 5.41) is 11.0. The molecule has 0 fully saturated rings. The zero-order chi connectivity index (χ0) is 11.1.